The fourth-order valence-electron chi connectivity index (χ4n) is 3.54. The standard InChI is InChI=1S/C19H21N5O3/c1-4-26-13-7-5-12(6-8-13)18-21-19(27-22-18)14-11-16(25)23(2)17(14)15-9-10-20-24(15)3/h5-10,14,17H,4,11H2,1-3H3. The molecule has 0 radical (unpaired) electrons. The van der Waals surface area contributed by atoms with Gasteiger partial charge in [0.15, 0.2) is 0 Å². The molecule has 1 fully saturated rings. The fourth-order valence-corrected chi connectivity index (χ4v) is 3.54. The summed E-state index contributed by atoms with van der Waals surface area (Å²) >= 11 is 0. The van der Waals surface area contributed by atoms with Crippen molar-refractivity contribution in [3.63, 3.8) is 0 Å². The Hall–Kier alpha value is -3.16. The lowest BCUT2D eigenvalue weighted by Crippen LogP contribution is -2.25. The maximum atomic E-state index is 12.3. The maximum Gasteiger partial charge on any atom is 0.233 e. The minimum atomic E-state index is -0.207. The smallest absolute Gasteiger partial charge is 0.233 e. The molecule has 0 spiro atoms. The van der Waals surface area contributed by atoms with Gasteiger partial charge in [-0.25, -0.2) is 0 Å². The van der Waals surface area contributed by atoms with Crippen molar-refractivity contribution < 1.29 is 14.1 Å². The van der Waals surface area contributed by atoms with Crippen LogP contribution in [0.2, 0.25) is 0 Å². The molecule has 0 saturated carbocycles. The van der Waals surface area contributed by atoms with Crippen LogP contribution in [0, 0.1) is 0 Å². The van der Waals surface area contributed by atoms with Crippen LogP contribution < -0.4 is 4.74 Å². The van der Waals surface area contributed by atoms with Crippen LogP contribution in [0.1, 0.15) is 36.9 Å². The van der Waals surface area contributed by atoms with Crippen LogP contribution in [0.25, 0.3) is 11.4 Å². The highest BCUT2D eigenvalue weighted by Gasteiger charge is 2.43. The van der Waals surface area contributed by atoms with Crippen molar-refractivity contribution in [1.82, 2.24) is 24.8 Å². The molecule has 1 aliphatic heterocycles. The minimum Gasteiger partial charge on any atom is -0.494 e. The number of ether oxygens (including phenoxy) is 1. The molecular weight excluding hydrogens is 346 g/mol. The van der Waals surface area contributed by atoms with Gasteiger partial charge in [-0.15, -0.1) is 0 Å². The number of likely N-dealkylation sites (N-methyl/N-ethyl adjacent to an activating group) is 1. The van der Waals surface area contributed by atoms with E-state index in [0.717, 1.165) is 17.0 Å². The largest absolute Gasteiger partial charge is 0.494 e. The molecule has 27 heavy (non-hydrogen) atoms. The lowest BCUT2D eigenvalue weighted by Gasteiger charge is -2.23. The number of carbonyl (C=O) groups excluding carboxylic acids is 1. The van der Waals surface area contributed by atoms with Crippen molar-refractivity contribution >= 4 is 5.91 Å². The number of aromatic nitrogens is 4. The second-order valence-corrected chi connectivity index (χ2v) is 6.55. The Bertz CT molecular complexity index is 946. The number of rotatable bonds is 5. The summed E-state index contributed by atoms with van der Waals surface area (Å²) in [5.41, 5.74) is 1.78. The summed E-state index contributed by atoms with van der Waals surface area (Å²) in [6.45, 7) is 2.56. The second-order valence-electron chi connectivity index (χ2n) is 6.55. The van der Waals surface area contributed by atoms with Crippen LogP contribution in [0.4, 0.5) is 0 Å². The first kappa shape index (κ1) is 17.3. The van der Waals surface area contributed by atoms with Crippen molar-refractivity contribution in [2.24, 2.45) is 7.05 Å². The normalized spacial score (nSPS) is 19.7. The van der Waals surface area contributed by atoms with Gasteiger partial charge in [0.25, 0.3) is 0 Å². The van der Waals surface area contributed by atoms with Gasteiger partial charge in [0.1, 0.15) is 5.75 Å². The second kappa shape index (κ2) is 6.86. The van der Waals surface area contributed by atoms with Crippen molar-refractivity contribution in [2.45, 2.75) is 25.3 Å². The predicted molar refractivity (Wildman–Crippen MR) is 97.0 cm³/mol. The van der Waals surface area contributed by atoms with Crippen LogP contribution in [0.15, 0.2) is 41.1 Å². The molecule has 0 N–H and O–H groups in total. The number of aryl methyl sites for hydroxylation is 1. The molecule has 3 heterocycles. The molecule has 1 amide bonds. The van der Waals surface area contributed by atoms with Gasteiger partial charge < -0.3 is 14.2 Å². The Morgan fingerprint density at radius 2 is 2.00 bits per heavy atom. The summed E-state index contributed by atoms with van der Waals surface area (Å²) in [6, 6.07) is 9.27. The van der Waals surface area contributed by atoms with E-state index in [0.29, 0.717) is 24.7 Å². The highest BCUT2D eigenvalue weighted by atomic mass is 16.5. The Morgan fingerprint density at radius 3 is 2.67 bits per heavy atom. The van der Waals surface area contributed by atoms with Crippen LogP contribution >= 0.6 is 0 Å². The molecule has 1 aromatic carbocycles. The van der Waals surface area contributed by atoms with E-state index in [1.54, 1.807) is 22.8 Å². The number of amides is 1. The summed E-state index contributed by atoms with van der Waals surface area (Å²) in [4.78, 5) is 18.6. The summed E-state index contributed by atoms with van der Waals surface area (Å²) < 4.78 is 12.8. The summed E-state index contributed by atoms with van der Waals surface area (Å²) in [6.07, 6.45) is 2.06. The van der Waals surface area contributed by atoms with Gasteiger partial charge in [-0.2, -0.15) is 10.1 Å². The Balaban J connectivity index is 1.63. The average Bonchev–Trinajstić information content (AvgIpc) is 3.37. The Labute approximate surface area is 156 Å². The van der Waals surface area contributed by atoms with E-state index in [-0.39, 0.29) is 17.9 Å². The van der Waals surface area contributed by atoms with E-state index in [2.05, 4.69) is 15.2 Å². The lowest BCUT2D eigenvalue weighted by atomic mass is 9.97. The number of carbonyl (C=O) groups is 1. The molecule has 2 unspecified atom stereocenters. The average molecular weight is 367 g/mol. The molecule has 8 heteroatoms. The maximum absolute atomic E-state index is 12.3. The molecule has 0 aliphatic carbocycles. The monoisotopic (exact) mass is 367 g/mol. The van der Waals surface area contributed by atoms with Gasteiger partial charge in [0.2, 0.25) is 17.6 Å². The predicted octanol–water partition coefficient (Wildman–Crippen LogP) is 2.56. The van der Waals surface area contributed by atoms with Gasteiger partial charge in [-0.1, -0.05) is 5.16 Å². The molecular formula is C19H21N5O3. The summed E-state index contributed by atoms with van der Waals surface area (Å²) in [5, 5.41) is 8.34. The number of hydrogen-bond donors (Lipinski definition) is 0. The van der Waals surface area contributed by atoms with Crippen LogP contribution in [-0.4, -0.2) is 44.4 Å². The summed E-state index contributed by atoms with van der Waals surface area (Å²) in [5.74, 6) is 1.60. The van der Waals surface area contributed by atoms with E-state index in [1.807, 2.05) is 44.3 Å². The van der Waals surface area contributed by atoms with Crippen molar-refractivity contribution in [2.75, 3.05) is 13.7 Å². The van der Waals surface area contributed by atoms with Gasteiger partial charge in [-0.3, -0.25) is 9.48 Å². The molecule has 2 atom stereocenters. The van der Waals surface area contributed by atoms with Crippen LogP contribution in [-0.2, 0) is 11.8 Å². The first-order valence-corrected chi connectivity index (χ1v) is 8.89. The molecule has 3 aromatic rings. The third-order valence-electron chi connectivity index (χ3n) is 4.93. The quantitative estimate of drug-likeness (QED) is 0.689. The topological polar surface area (TPSA) is 86.3 Å². The Morgan fingerprint density at radius 1 is 1.22 bits per heavy atom. The lowest BCUT2D eigenvalue weighted by molar-refractivity contribution is -0.127. The minimum absolute atomic E-state index is 0.0482. The van der Waals surface area contributed by atoms with Crippen molar-refractivity contribution in [1.29, 1.82) is 0 Å². The third-order valence-corrected chi connectivity index (χ3v) is 4.93. The van der Waals surface area contributed by atoms with Crippen molar-refractivity contribution in [3.05, 3.63) is 48.1 Å². The van der Waals surface area contributed by atoms with Gasteiger partial charge in [0.05, 0.1) is 24.3 Å². The van der Waals surface area contributed by atoms with E-state index in [9.17, 15) is 4.79 Å². The molecule has 0 bridgehead atoms. The van der Waals surface area contributed by atoms with E-state index >= 15 is 0 Å². The zero-order chi connectivity index (χ0) is 19.0. The molecule has 8 nitrogen and oxygen atoms in total. The third kappa shape index (κ3) is 3.07. The molecule has 140 valence electrons. The van der Waals surface area contributed by atoms with Crippen molar-refractivity contribution in [3.8, 4) is 17.1 Å². The zero-order valence-corrected chi connectivity index (χ0v) is 15.5. The first-order valence-electron chi connectivity index (χ1n) is 8.89. The van der Waals surface area contributed by atoms with Gasteiger partial charge in [-0.05, 0) is 37.3 Å². The molecule has 4 rings (SSSR count). The number of nitrogens with zero attached hydrogens (tertiary/aromatic N) is 5. The van der Waals surface area contributed by atoms with Gasteiger partial charge >= 0.3 is 0 Å². The number of benzene rings is 1. The van der Waals surface area contributed by atoms with E-state index < -0.39 is 0 Å². The SMILES string of the molecule is CCOc1ccc(-c2noc(C3CC(=O)N(C)C3c3ccnn3C)n2)cc1. The summed E-state index contributed by atoms with van der Waals surface area (Å²) in [7, 11) is 3.66. The zero-order valence-electron chi connectivity index (χ0n) is 15.5. The molecule has 1 aliphatic rings. The van der Waals surface area contributed by atoms with Crippen LogP contribution in [0.5, 0.6) is 5.75 Å². The first-order chi connectivity index (χ1) is 13.1. The Kier molecular flexibility index (Phi) is 4.39. The molecule has 1 saturated heterocycles. The van der Waals surface area contributed by atoms with Gasteiger partial charge in [0, 0.05) is 32.3 Å². The van der Waals surface area contributed by atoms with E-state index in [1.165, 1.54) is 0 Å². The van der Waals surface area contributed by atoms with E-state index in [4.69, 9.17) is 9.26 Å². The van der Waals surface area contributed by atoms with Crippen LogP contribution in [0.3, 0.4) is 0 Å². The number of hydrogen-bond acceptors (Lipinski definition) is 6. The highest BCUT2D eigenvalue weighted by molar-refractivity contribution is 5.80. The highest BCUT2D eigenvalue weighted by Crippen LogP contribution is 2.43. The number of likely N-dealkylation sites (tertiary alicyclic amines) is 1. The molecule has 2 aromatic heterocycles. The fraction of sp³-hybridized carbons (Fsp3) is 0.368.